The molecule has 1 heterocycles. The topological polar surface area (TPSA) is 49.8 Å². The van der Waals surface area contributed by atoms with Gasteiger partial charge < -0.3 is 9.84 Å². The molecule has 3 heteroatoms. The van der Waals surface area contributed by atoms with Crippen molar-refractivity contribution in [2.45, 2.75) is 19.3 Å². The van der Waals surface area contributed by atoms with E-state index in [1.807, 2.05) is 18.2 Å². The average Bonchev–Trinajstić information content (AvgIpc) is 2.98. The third-order valence-electron chi connectivity index (χ3n) is 2.47. The van der Waals surface area contributed by atoms with Gasteiger partial charge in [-0.3, -0.25) is 4.79 Å². The monoisotopic (exact) mass is 192 g/mol. The summed E-state index contributed by atoms with van der Waals surface area (Å²) in [7, 11) is 0. The van der Waals surface area contributed by atoms with Crippen LogP contribution in [0.1, 0.15) is 24.8 Å². The first-order chi connectivity index (χ1) is 6.77. The molecule has 2 rings (SSSR count). The van der Waals surface area contributed by atoms with Crippen molar-refractivity contribution in [1.29, 1.82) is 0 Å². The van der Waals surface area contributed by atoms with Gasteiger partial charge in [0.25, 0.3) is 0 Å². The quantitative estimate of drug-likeness (QED) is 0.752. The zero-order valence-corrected chi connectivity index (χ0v) is 7.99. The van der Waals surface area contributed by atoms with E-state index in [9.17, 15) is 4.79 Å². The first-order valence-electron chi connectivity index (χ1n) is 4.72. The molecule has 1 aliphatic rings. The van der Waals surface area contributed by atoms with Crippen LogP contribution in [0.4, 0.5) is 0 Å². The number of carbonyl (C=O) groups is 1. The van der Waals surface area contributed by atoms with E-state index in [-0.39, 0.29) is 12.4 Å². The number of rotatable bonds is 4. The summed E-state index contributed by atoms with van der Waals surface area (Å²) in [5.41, 5.74) is 0.817. The number of benzene rings is 1. The van der Waals surface area contributed by atoms with Crippen LogP contribution >= 0.6 is 0 Å². The highest BCUT2D eigenvalue weighted by atomic mass is 16.6. The molecule has 14 heavy (non-hydrogen) atoms. The lowest BCUT2D eigenvalue weighted by Gasteiger charge is -2.10. The maximum Gasteiger partial charge on any atom is 0.174 e. The summed E-state index contributed by atoms with van der Waals surface area (Å²) in [5.74, 6) is 1.23. The first kappa shape index (κ1) is 9.21. The number of para-hydroxylation sites is 1. The van der Waals surface area contributed by atoms with E-state index in [0.717, 1.165) is 17.1 Å². The van der Waals surface area contributed by atoms with E-state index in [4.69, 9.17) is 9.84 Å². The van der Waals surface area contributed by atoms with Gasteiger partial charge in [0.05, 0.1) is 12.5 Å². The summed E-state index contributed by atoms with van der Waals surface area (Å²) in [5, 5.41) is 9.15. The zero-order chi connectivity index (χ0) is 10.1. The van der Waals surface area contributed by atoms with Crippen LogP contribution in [0, 0.1) is 0 Å². The standard InChI is InChI=1S/C11H12O3/c1-2-9(13)8(6-12)7-4-3-5-10-11(7)14-10/h3-5,8,12H,2,6H2,1H3. The van der Waals surface area contributed by atoms with Crippen LogP contribution < -0.4 is 4.74 Å². The van der Waals surface area contributed by atoms with Crippen LogP contribution in [0.15, 0.2) is 18.2 Å². The predicted molar refractivity (Wildman–Crippen MR) is 51.6 cm³/mol. The van der Waals surface area contributed by atoms with Crippen LogP contribution in [0.3, 0.4) is 0 Å². The van der Waals surface area contributed by atoms with Gasteiger partial charge in [0.15, 0.2) is 11.5 Å². The Kier molecular flexibility index (Phi) is 2.25. The van der Waals surface area contributed by atoms with Gasteiger partial charge in [-0.2, -0.15) is 0 Å². The smallest absolute Gasteiger partial charge is 0.174 e. The molecular formula is C11H12O3. The second-order valence-corrected chi connectivity index (χ2v) is 3.33. The summed E-state index contributed by atoms with van der Waals surface area (Å²) in [4.78, 5) is 11.5. The van der Waals surface area contributed by atoms with Crippen molar-refractivity contribution in [2.24, 2.45) is 0 Å². The molecule has 0 bridgehead atoms. The maximum absolute atomic E-state index is 11.5. The van der Waals surface area contributed by atoms with Crippen molar-refractivity contribution in [1.82, 2.24) is 0 Å². The highest BCUT2D eigenvalue weighted by molar-refractivity contribution is 5.87. The van der Waals surface area contributed by atoms with Crippen molar-refractivity contribution < 1.29 is 14.6 Å². The Labute approximate surface area is 82.3 Å². The number of hydrogen-bond acceptors (Lipinski definition) is 3. The molecular weight excluding hydrogens is 180 g/mol. The van der Waals surface area contributed by atoms with E-state index in [1.165, 1.54) is 0 Å². The van der Waals surface area contributed by atoms with E-state index < -0.39 is 5.92 Å². The molecule has 0 aliphatic carbocycles. The lowest BCUT2D eigenvalue weighted by molar-refractivity contribution is -0.121. The average molecular weight is 192 g/mol. The Morgan fingerprint density at radius 1 is 1.57 bits per heavy atom. The van der Waals surface area contributed by atoms with Gasteiger partial charge in [-0.1, -0.05) is 19.1 Å². The van der Waals surface area contributed by atoms with Crippen LogP contribution in [-0.2, 0) is 4.79 Å². The minimum Gasteiger partial charge on any atom is -0.449 e. The minimum absolute atomic E-state index is 0.0522. The second kappa shape index (κ2) is 3.42. The van der Waals surface area contributed by atoms with Crippen molar-refractivity contribution in [3.63, 3.8) is 0 Å². The minimum atomic E-state index is -0.419. The number of ether oxygens (including phenoxy) is 1. The number of carbonyl (C=O) groups excluding carboxylic acids is 1. The summed E-state index contributed by atoms with van der Waals surface area (Å²) in [6.45, 7) is 1.65. The van der Waals surface area contributed by atoms with Gasteiger partial charge in [0, 0.05) is 12.0 Å². The third-order valence-corrected chi connectivity index (χ3v) is 2.47. The molecule has 1 aromatic rings. The Hall–Kier alpha value is -1.35. The number of ketones is 1. The van der Waals surface area contributed by atoms with Crippen molar-refractivity contribution in [3.05, 3.63) is 23.8 Å². The Morgan fingerprint density at radius 2 is 2.36 bits per heavy atom. The SMILES string of the molecule is CCC(=O)C(CO)c1cccc2c1O2. The highest BCUT2D eigenvalue weighted by Gasteiger charge is 2.30. The van der Waals surface area contributed by atoms with Crippen LogP contribution in [0.2, 0.25) is 0 Å². The van der Waals surface area contributed by atoms with Crippen LogP contribution in [0.5, 0.6) is 11.5 Å². The summed E-state index contributed by atoms with van der Waals surface area (Å²) in [6.07, 6.45) is 0.439. The van der Waals surface area contributed by atoms with Crippen molar-refractivity contribution >= 4 is 5.78 Å². The lowest BCUT2D eigenvalue weighted by Crippen LogP contribution is -2.14. The molecule has 1 N–H and O–H groups in total. The van der Waals surface area contributed by atoms with Crippen LogP contribution in [-0.4, -0.2) is 17.5 Å². The highest BCUT2D eigenvalue weighted by Crippen LogP contribution is 2.50. The maximum atomic E-state index is 11.5. The number of hydrogen-bond donors (Lipinski definition) is 1. The van der Waals surface area contributed by atoms with E-state index in [0.29, 0.717) is 6.42 Å². The van der Waals surface area contributed by atoms with Gasteiger partial charge >= 0.3 is 0 Å². The Balaban J connectivity index is 2.30. The number of aliphatic hydroxyl groups excluding tert-OH is 1. The summed E-state index contributed by atoms with van der Waals surface area (Å²) < 4.78 is 5.18. The number of aliphatic hydroxyl groups is 1. The Bertz CT molecular complexity index is 371. The van der Waals surface area contributed by atoms with Gasteiger partial charge in [-0.05, 0) is 6.07 Å². The third kappa shape index (κ3) is 1.40. The molecule has 3 nitrogen and oxygen atoms in total. The van der Waals surface area contributed by atoms with Crippen molar-refractivity contribution in [3.8, 4) is 11.5 Å². The van der Waals surface area contributed by atoms with Gasteiger partial charge in [-0.25, -0.2) is 0 Å². The fourth-order valence-electron chi connectivity index (χ4n) is 1.60. The zero-order valence-electron chi connectivity index (χ0n) is 7.99. The molecule has 0 spiro atoms. The van der Waals surface area contributed by atoms with Crippen molar-refractivity contribution in [2.75, 3.05) is 6.61 Å². The molecule has 1 atom stereocenters. The molecule has 0 aromatic heterocycles. The van der Waals surface area contributed by atoms with Crippen LogP contribution in [0.25, 0.3) is 0 Å². The second-order valence-electron chi connectivity index (χ2n) is 3.33. The van der Waals surface area contributed by atoms with Gasteiger partial charge in [-0.15, -0.1) is 0 Å². The molecule has 1 aliphatic heterocycles. The van der Waals surface area contributed by atoms with Gasteiger partial charge in [0.1, 0.15) is 5.78 Å². The van der Waals surface area contributed by atoms with E-state index in [2.05, 4.69) is 0 Å². The molecule has 0 amide bonds. The molecule has 1 unspecified atom stereocenters. The number of Topliss-reactive ketones (excluding diaryl/α,β-unsaturated/α-hetero) is 1. The first-order valence-corrected chi connectivity index (χ1v) is 4.72. The normalized spacial score (nSPS) is 14.1. The Morgan fingerprint density at radius 3 is 3.00 bits per heavy atom. The lowest BCUT2D eigenvalue weighted by atomic mass is 9.94. The molecule has 74 valence electrons. The molecule has 0 radical (unpaired) electrons. The fraction of sp³-hybridized carbons (Fsp3) is 0.364. The molecule has 0 saturated heterocycles. The van der Waals surface area contributed by atoms with Gasteiger partial charge in [0.2, 0.25) is 0 Å². The summed E-state index contributed by atoms with van der Waals surface area (Å²) in [6, 6.07) is 5.52. The summed E-state index contributed by atoms with van der Waals surface area (Å²) >= 11 is 0. The number of fused-ring (bicyclic) bond motifs is 1. The largest absolute Gasteiger partial charge is 0.449 e. The molecule has 1 aromatic carbocycles. The fourth-order valence-corrected chi connectivity index (χ4v) is 1.60. The molecule has 0 saturated carbocycles. The van der Waals surface area contributed by atoms with E-state index >= 15 is 0 Å². The predicted octanol–water partition coefficient (Wildman–Crippen LogP) is 1.85. The van der Waals surface area contributed by atoms with E-state index in [1.54, 1.807) is 6.92 Å². The molecule has 0 fully saturated rings.